The highest BCUT2D eigenvalue weighted by atomic mass is 32.2. The summed E-state index contributed by atoms with van der Waals surface area (Å²) in [5.41, 5.74) is 8.22. The van der Waals surface area contributed by atoms with Crippen LogP contribution >= 0.6 is 11.8 Å². The Morgan fingerprint density at radius 1 is 1.10 bits per heavy atom. The van der Waals surface area contributed by atoms with Gasteiger partial charge in [-0.25, -0.2) is 4.39 Å². The SMILES string of the molecule is NC(CSc1ccc(F)cc1)c1cnc2ccccc2c1. The summed E-state index contributed by atoms with van der Waals surface area (Å²) in [6.07, 6.45) is 1.83. The Kier molecular flexibility index (Phi) is 4.18. The van der Waals surface area contributed by atoms with Crippen LogP contribution < -0.4 is 5.73 Å². The van der Waals surface area contributed by atoms with Gasteiger partial charge in [0.25, 0.3) is 0 Å². The van der Waals surface area contributed by atoms with Crippen LogP contribution in [0.1, 0.15) is 11.6 Å². The maximum atomic E-state index is 12.9. The van der Waals surface area contributed by atoms with Gasteiger partial charge in [0.1, 0.15) is 5.82 Å². The van der Waals surface area contributed by atoms with Crippen LogP contribution in [0.4, 0.5) is 4.39 Å². The highest BCUT2D eigenvalue weighted by Crippen LogP contribution is 2.24. The van der Waals surface area contributed by atoms with Gasteiger partial charge in [-0.3, -0.25) is 4.98 Å². The van der Waals surface area contributed by atoms with E-state index in [9.17, 15) is 4.39 Å². The quantitative estimate of drug-likeness (QED) is 0.735. The third-order valence-corrected chi connectivity index (χ3v) is 4.41. The zero-order chi connectivity index (χ0) is 14.7. The molecule has 1 aromatic heterocycles. The Labute approximate surface area is 127 Å². The maximum Gasteiger partial charge on any atom is 0.123 e. The summed E-state index contributed by atoms with van der Waals surface area (Å²) in [5.74, 6) is 0.508. The molecule has 0 fully saturated rings. The number of benzene rings is 2. The van der Waals surface area contributed by atoms with E-state index in [0.717, 1.165) is 27.1 Å². The lowest BCUT2D eigenvalue weighted by Gasteiger charge is -2.12. The fraction of sp³-hybridized carbons (Fsp3) is 0.118. The summed E-state index contributed by atoms with van der Waals surface area (Å²) in [6, 6.07) is 16.4. The molecule has 106 valence electrons. The van der Waals surface area contributed by atoms with Crippen molar-refractivity contribution >= 4 is 22.7 Å². The van der Waals surface area contributed by atoms with Crippen molar-refractivity contribution in [2.75, 3.05) is 5.75 Å². The van der Waals surface area contributed by atoms with E-state index in [-0.39, 0.29) is 11.9 Å². The lowest BCUT2D eigenvalue weighted by Crippen LogP contribution is -2.13. The van der Waals surface area contributed by atoms with E-state index >= 15 is 0 Å². The molecule has 3 rings (SSSR count). The average molecular weight is 298 g/mol. The monoisotopic (exact) mass is 298 g/mol. The van der Waals surface area contributed by atoms with E-state index in [1.165, 1.54) is 12.1 Å². The minimum atomic E-state index is -0.220. The van der Waals surface area contributed by atoms with Crippen LogP contribution in [0.3, 0.4) is 0 Å². The number of rotatable bonds is 4. The second kappa shape index (κ2) is 6.24. The number of nitrogens with two attached hydrogens (primary N) is 1. The van der Waals surface area contributed by atoms with Crippen molar-refractivity contribution in [3.8, 4) is 0 Å². The first kappa shape index (κ1) is 14.0. The van der Waals surface area contributed by atoms with Crippen LogP contribution in [0, 0.1) is 5.82 Å². The lowest BCUT2D eigenvalue weighted by molar-refractivity contribution is 0.626. The third-order valence-electron chi connectivity index (χ3n) is 3.28. The van der Waals surface area contributed by atoms with Crippen molar-refractivity contribution < 1.29 is 4.39 Å². The van der Waals surface area contributed by atoms with Gasteiger partial charge in [-0.1, -0.05) is 18.2 Å². The minimum Gasteiger partial charge on any atom is -0.323 e. The molecule has 0 radical (unpaired) electrons. The first-order valence-electron chi connectivity index (χ1n) is 6.71. The predicted molar refractivity (Wildman–Crippen MR) is 85.8 cm³/mol. The zero-order valence-electron chi connectivity index (χ0n) is 11.4. The van der Waals surface area contributed by atoms with E-state index < -0.39 is 0 Å². The first-order valence-corrected chi connectivity index (χ1v) is 7.69. The Morgan fingerprint density at radius 2 is 1.86 bits per heavy atom. The summed E-state index contributed by atoms with van der Waals surface area (Å²) in [4.78, 5) is 5.44. The number of fused-ring (bicyclic) bond motifs is 1. The Hall–Kier alpha value is -1.91. The summed E-state index contributed by atoms with van der Waals surface area (Å²) in [6.45, 7) is 0. The molecule has 0 saturated heterocycles. The molecule has 0 aliphatic heterocycles. The lowest BCUT2D eigenvalue weighted by atomic mass is 10.1. The molecule has 1 unspecified atom stereocenters. The van der Waals surface area contributed by atoms with Gasteiger partial charge in [0, 0.05) is 28.3 Å². The molecule has 2 N–H and O–H groups in total. The van der Waals surface area contributed by atoms with Gasteiger partial charge in [-0.05, 0) is 42.0 Å². The number of halogens is 1. The van der Waals surface area contributed by atoms with E-state index in [4.69, 9.17) is 5.73 Å². The molecule has 21 heavy (non-hydrogen) atoms. The van der Waals surface area contributed by atoms with Crippen molar-refractivity contribution in [3.05, 3.63) is 72.2 Å². The molecule has 1 heterocycles. The summed E-state index contributed by atoms with van der Waals surface area (Å²) < 4.78 is 12.9. The second-order valence-electron chi connectivity index (χ2n) is 4.83. The fourth-order valence-corrected chi connectivity index (χ4v) is 3.00. The Bertz CT molecular complexity index is 743. The molecular formula is C17H15FN2S. The summed E-state index contributed by atoms with van der Waals surface area (Å²) in [5, 5.41) is 1.09. The Balaban J connectivity index is 1.71. The van der Waals surface area contributed by atoms with Crippen molar-refractivity contribution in [3.63, 3.8) is 0 Å². The maximum absolute atomic E-state index is 12.9. The number of thioether (sulfide) groups is 1. The van der Waals surface area contributed by atoms with Crippen LogP contribution in [0.25, 0.3) is 10.9 Å². The molecule has 0 aliphatic rings. The zero-order valence-corrected chi connectivity index (χ0v) is 12.2. The minimum absolute atomic E-state index is 0.0999. The average Bonchev–Trinajstić information content (AvgIpc) is 2.53. The van der Waals surface area contributed by atoms with Crippen LogP contribution in [0.2, 0.25) is 0 Å². The van der Waals surface area contributed by atoms with Gasteiger partial charge in [0.2, 0.25) is 0 Å². The Morgan fingerprint density at radius 3 is 2.67 bits per heavy atom. The molecular weight excluding hydrogens is 283 g/mol. The molecule has 0 amide bonds. The van der Waals surface area contributed by atoms with Gasteiger partial charge in [0.05, 0.1) is 5.52 Å². The molecule has 0 aliphatic carbocycles. The van der Waals surface area contributed by atoms with E-state index in [1.807, 2.05) is 30.5 Å². The molecule has 2 aromatic carbocycles. The number of pyridine rings is 1. The van der Waals surface area contributed by atoms with Gasteiger partial charge in [-0.2, -0.15) is 0 Å². The number of aromatic nitrogens is 1. The van der Waals surface area contributed by atoms with Crippen LogP contribution in [-0.2, 0) is 0 Å². The largest absolute Gasteiger partial charge is 0.323 e. The predicted octanol–water partition coefficient (Wildman–Crippen LogP) is 4.17. The number of nitrogens with zero attached hydrogens (tertiary/aromatic N) is 1. The number of hydrogen-bond donors (Lipinski definition) is 1. The fourth-order valence-electron chi connectivity index (χ4n) is 2.10. The van der Waals surface area contributed by atoms with Gasteiger partial charge in [-0.15, -0.1) is 11.8 Å². The highest BCUT2D eigenvalue weighted by Gasteiger charge is 2.08. The van der Waals surface area contributed by atoms with Crippen molar-refractivity contribution in [2.24, 2.45) is 5.73 Å². The van der Waals surface area contributed by atoms with Crippen molar-refractivity contribution in [1.29, 1.82) is 0 Å². The summed E-state index contributed by atoms with van der Waals surface area (Å²) >= 11 is 1.62. The highest BCUT2D eigenvalue weighted by molar-refractivity contribution is 7.99. The molecule has 0 bridgehead atoms. The first-order chi connectivity index (χ1) is 10.2. The molecule has 0 spiro atoms. The standard InChI is InChI=1S/C17H15FN2S/c18-14-5-7-15(8-6-14)21-11-16(19)13-9-12-3-1-2-4-17(12)20-10-13/h1-10,16H,11,19H2. The van der Waals surface area contributed by atoms with E-state index in [1.54, 1.807) is 23.9 Å². The topological polar surface area (TPSA) is 38.9 Å². The van der Waals surface area contributed by atoms with Crippen LogP contribution in [-0.4, -0.2) is 10.7 Å². The van der Waals surface area contributed by atoms with E-state index in [0.29, 0.717) is 0 Å². The number of hydrogen-bond acceptors (Lipinski definition) is 3. The smallest absolute Gasteiger partial charge is 0.123 e. The molecule has 2 nitrogen and oxygen atoms in total. The van der Waals surface area contributed by atoms with Crippen LogP contribution in [0.15, 0.2) is 65.7 Å². The third kappa shape index (κ3) is 3.40. The van der Waals surface area contributed by atoms with Gasteiger partial charge < -0.3 is 5.73 Å². The van der Waals surface area contributed by atoms with Gasteiger partial charge in [0.15, 0.2) is 0 Å². The van der Waals surface area contributed by atoms with Gasteiger partial charge >= 0.3 is 0 Å². The van der Waals surface area contributed by atoms with Crippen molar-refractivity contribution in [1.82, 2.24) is 4.98 Å². The molecule has 0 saturated carbocycles. The van der Waals surface area contributed by atoms with E-state index in [2.05, 4.69) is 11.1 Å². The normalized spacial score (nSPS) is 12.5. The second-order valence-corrected chi connectivity index (χ2v) is 5.93. The number of para-hydroxylation sites is 1. The molecule has 3 aromatic rings. The summed E-state index contributed by atoms with van der Waals surface area (Å²) in [7, 11) is 0. The molecule has 4 heteroatoms. The molecule has 1 atom stereocenters. The van der Waals surface area contributed by atoms with Crippen molar-refractivity contribution in [2.45, 2.75) is 10.9 Å². The van der Waals surface area contributed by atoms with Crippen LogP contribution in [0.5, 0.6) is 0 Å².